The van der Waals surface area contributed by atoms with E-state index < -0.39 is 0 Å². The van der Waals surface area contributed by atoms with Crippen LogP contribution in [0.4, 0.5) is 0 Å². The van der Waals surface area contributed by atoms with Gasteiger partial charge in [-0.1, -0.05) is 18.2 Å². The number of carbonyl (C=O) groups excluding carboxylic acids is 1. The third-order valence-corrected chi connectivity index (χ3v) is 3.47. The van der Waals surface area contributed by atoms with Crippen molar-refractivity contribution in [2.75, 3.05) is 19.5 Å². The molecule has 1 aliphatic heterocycles. The Labute approximate surface area is 94.0 Å². The molecule has 1 aromatic carbocycles. The summed E-state index contributed by atoms with van der Waals surface area (Å²) in [7, 11) is 0. The van der Waals surface area contributed by atoms with Crippen LogP contribution in [-0.4, -0.2) is 25.3 Å². The van der Waals surface area contributed by atoms with Gasteiger partial charge in [0.15, 0.2) is 5.78 Å². The van der Waals surface area contributed by atoms with Gasteiger partial charge in [0, 0.05) is 23.0 Å². The number of hydrogen-bond donors (Lipinski definition) is 0. The van der Waals surface area contributed by atoms with Crippen LogP contribution in [0.2, 0.25) is 0 Å². The second-order valence-electron chi connectivity index (χ2n) is 3.63. The molecule has 0 aromatic heterocycles. The first kappa shape index (κ1) is 10.7. The molecule has 1 heterocycles. The van der Waals surface area contributed by atoms with E-state index in [-0.39, 0.29) is 11.7 Å². The first-order valence-corrected chi connectivity index (χ1v) is 6.30. The highest BCUT2D eigenvalue weighted by atomic mass is 32.2. The Hall–Kier alpha value is -0.800. The van der Waals surface area contributed by atoms with Crippen molar-refractivity contribution in [1.29, 1.82) is 0 Å². The van der Waals surface area contributed by atoms with Gasteiger partial charge < -0.3 is 4.74 Å². The molecule has 1 aliphatic rings. The number of carbonyl (C=O) groups is 1. The quantitative estimate of drug-likeness (QED) is 0.581. The van der Waals surface area contributed by atoms with E-state index >= 15 is 0 Å². The van der Waals surface area contributed by atoms with Gasteiger partial charge in [-0.25, -0.2) is 0 Å². The van der Waals surface area contributed by atoms with Crippen LogP contribution in [0.1, 0.15) is 16.8 Å². The minimum Gasteiger partial charge on any atom is -0.381 e. The fourth-order valence-corrected chi connectivity index (χ4v) is 2.41. The molecular weight excluding hydrogens is 208 g/mol. The van der Waals surface area contributed by atoms with E-state index in [1.54, 1.807) is 11.8 Å². The van der Waals surface area contributed by atoms with Crippen LogP contribution in [0.25, 0.3) is 0 Å². The van der Waals surface area contributed by atoms with Gasteiger partial charge in [0.05, 0.1) is 6.61 Å². The first-order chi connectivity index (χ1) is 7.33. The summed E-state index contributed by atoms with van der Waals surface area (Å²) in [5.41, 5.74) is 0.848. The van der Waals surface area contributed by atoms with Crippen molar-refractivity contribution in [2.45, 2.75) is 11.3 Å². The molecule has 2 rings (SSSR count). The zero-order chi connectivity index (χ0) is 10.7. The molecule has 1 atom stereocenters. The van der Waals surface area contributed by atoms with Crippen molar-refractivity contribution >= 4 is 17.5 Å². The molecule has 1 unspecified atom stereocenters. The number of ketones is 1. The van der Waals surface area contributed by atoms with Crippen LogP contribution in [0, 0.1) is 5.92 Å². The molecule has 80 valence electrons. The third kappa shape index (κ3) is 2.24. The van der Waals surface area contributed by atoms with E-state index in [1.165, 1.54) is 0 Å². The van der Waals surface area contributed by atoms with Crippen molar-refractivity contribution in [1.82, 2.24) is 0 Å². The van der Waals surface area contributed by atoms with Crippen LogP contribution in [0.5, 0.6) is 0 Å². The molecule has 0 bridgehead atoms. The lowest BCUT2D eigenvalue weighted by atomic mass is 9.97. The Balaban J connectivity index is 2.24. The van der Waals surface area contributed by atoms with E-state index in [0.717, 1.165) is 23.5 Å². The van der Waals surface area contributed by atoms with Gasteiger partial charge in [0.1, 0.15) is 0 Å². The topological polar surface area (TPSA) is 26.3 Å². The largest absolute Gasteiger partial charge is 0.381 e. The highest BCUT2D eigenvalue weighted by Gasteiger charge is 2.25. The standard InChI is InChI=1S/C12H14O2S/c1-15-11-5-3-2-4-10(11)12(13)9-6-7-14-8-9/h2-5,9H,6-8H2,1H3. The fourth-order valence-electron chi connectivity index (χ4n) is 1.81. The van der Waals surface area contributed by atoms with Crippen molar-refractivity contribution in [3.63, 3.8) is 0 Å². The fraction of sp³-hybridized carbons (Fsp3) is 0.417. The summed E-state index contributed by atoms with van der Waals surface area (Å²) >= 11 is 1.62. The lowest BCUT2D eigenvalue weighted by Gasteiger charge is -2.09. The number of benzene rings is 1. The third-order valence-electron chi connectivity index (χ3n) is 2.67. The van der Waals surface area contributed by atoms with Crippen LogP contribution in [0.15, 0.2) is 29.2 Å². The average Bonchev–Trinajstić information content (AvgIpc) is 2.81. The maximum absolute atomic E-state index is 12.1. The monoisotopic (exact) mass is 222 g/mol. The van der Waals surface area contributed by atoms with Crippen LogP contribution in [0.3, 0.4) is 0 Å². The molecule has 1 saturated heterocycles. The van der Waals surface area contributed by atoms with E-state index in [2.05, 4.69) is 0 Å². The molecule has 0 N–H and O–H groups in total. The van der Waals surface area contributed by atoms with Gasteiger partial charge in [-0.05, 0) is 18.7 Å². The van der Waals surface area contributed by atoms with Gasteiger partial charge >= 0.3 is 0 Å². The van der Waals surface area contributed by atoms with Crippen LogP contribution >= 0.6 is 11.8 Å². The maximum Gasteiger partial charge on any atom is 0.169 e. The second-order valence-corrected chi connectivity index (χ2v) is 4.47. The Bertz CT molecular complexity index is 356. The normalized spacial score (nSPS) is 20.5. The summed E-state index contributed by atoms with van der Waals surface area (Å²) in [5, 5.41) is 0. The van der Waals surface area contributed by atoms with E-state index in [4.69, 9.17) is 4.74 Å². The number of thioether (sulfide) groups is 1. The smallest absolute Gasteiger partial charge is 0.169 e. The van der Waals surface area contributed by atoms with Gasteiger partial charge in [0.2, 0.25) is 0 Å². The molecule has 0 saturated carbocycles. The van der Waals surface area contributed by atoms with Crippen LogP contribution < -0.4 is 0 Å². The summed E-state index contributed by atoms with van der Waals surface area (Å²) in [6.07, 6.45) is 2.86. The highest BCUT2D eigenvalue weighted by Crippen LogP contribution is 2.25. The zero-order valence-electron chi connectivity index (χ0n) is 8.73. The Morgan fingerprint density at radius 1 is 1.47 bits per heavy atom. The SMILES string of the molecule is CSc1ccccc1C(=O)C1CCOC1. The lowest BCUT2D eigenvalue weighted by Crippen LogP contribution is -2.15. The minimum absolute atomic E-state index is 0.0679. The molecule has 1 aromatic rings. The Morgan fingerprint density at radius 3 is 2.93 bits per heavy atom. The van der Waals surface area contributed by atoms with Crippen LogP contribution in [-0.2, 0) is 4.74 Å². The molecule has 2 nitrogen and oxygen atoms in total. The number of rotatable bonds is 3. The number of ether oxygens (including phenoxy) is 1. The molecule has 0 radical (unpaired) electrons. The van der Waals surface area contributed by atoms with Gasteiger partial charge in [0.25, 0.3) is 0 Å². The van der Waals surface area contributed by atoms with E-state index in [0.29, 0.717) is 6.61 Å². The van der Waals surface area contributed by atoms with E-state index in [1.807, 2.05) is 30.5 Å². The van der Waals surface area contributed by atoms with Gasteiger partial charge in [-0.2, -0.15) is 0 Å². The zero-order valence-corrected chi connectivity index (χ0v) is 9.55. The molecule has 0 amide bonds. The van der Waals surface area contributed by atoms with Crippen molar-refractivity contribution in [3.05, 3.63) is 29.8 Å². The summed E-state index contributed by atoms with van der Waals surface area (Å²) in [6, 6.07) is 7.79. The molecule has 1 fully saturated rings. The second kappa shape index (κ2) is 4.81. The average molecular weight is 222 g/mol. The number of Topliss-reactive ketones (excluding diaryl/α,β-unsaturated/α-hetero) is 1. The highest BCUT2D eigenvalue weighted by molar-refractivity contribution is 7.98. The van der Waals surface area contributed by atoms with Crippen molar-refractivity contribution in [3.8, 4) is 0 Å². The van der Waals surface area contributed by atoms with Crippen molar-refractivity contribution in [2.24, 2.45) is 5.92 Å². The minimum atomic E-state index is 0.0679. The summed E-state index contributed by atoms with van der Waals surface area (Å²) < 4.78 is 5.25. The lowest BCUT2D eigenvalue weighted by molar-refractivity contribution is 0.0897. The summed E-state index contributed by atoms with van der Waals surface area (Å²) in [5.74, 6) is 0.302. The summed E-state index contributed by atoms with van der Waals surface area (Å²) in [6.45, 7) is 1.30. The molecule has 15 heavy (non-hydrogen) atoms. The van der Waals surface area contributed by atoms with Crippen molar-refractivity contribution < 1.29 is 9.53 Å². The number of hydrogen-bond acceptors (Lipinski definition) is 3. The Morgan fingerprint density at radius 2 is 2.27 bits per heavy atom. The van der Waals surface area contributed by atoms with Gasteiger partial charge in [-0.3, -0.25) is 4.79 Å². The molecule has 3 heteroatoms. The molecule has 0 aliphatic carbocycles. The van der Waals surface area contributed by atoms with Gasteiger partial charge in [-0.15, -0.1) is 11.8 Å². The predicted octanol–water partition coefficient (Wildman–Crippen LogP) is 2.63. The Kier molecular flexibility index (Phi) is 3.44. The maximum atomic E-state index is 12.1. The first-order valence-electron chi connectivity index (χ1n) is 5.08. The molecular formula is C12H14O2S. The molecule has 0 spiro atoms. The van der Waals surface area contributed by atoms with E-state index in [9.17, 15) is 4.79 Å². The summed E-state index contributed by atoms with van der Waals surface area (Å²) in [4.78, 5) is 13.2. The predicted molar refractivity (Wildman–Crippen MR) is 61.5 cm³/mol.